The molecule has 3 rings (SSSR count). The van der Waals surface area contributed by atoms with Gasteiger partial charge in [-0.25, -0.2) is 9.37 Å². The molecule has 0 radical (unpaired) electrons. The summed E-state index contributed by atoms with van der Waals surface area (Å²) < 4.78 is 13.7. The second-order valence-electron chi connectivity index (χ2n) is 5.84. The quantitative estimate of drug-likeness (QED) is 0.318. The van der Waals surface area contributed by atoms with E-state index in [-0.39, 0.29) is 11.6 Å². The number of para-hydroxylation sites is 2. The summed E-state index contributed by atoms with van der Waals surface area (Å²) >= 11 is 7.40. The first-order valence-electron chi connectivity index (χ1n) is 8.50. The zero-order valence-corrected chi connectivity index (χ0v) is 16.5. The van der Waals surface area contributed by atoms with Gasteiger partial charge < -0.3 is 5.32 Å². The van der Waals surface area contributed by atoms with Crippen LogP contribution in [0.1, 0.15) is 12.5 Å². The zero-order valence-electron chi connectivity index (χ0n) is 15.0. The van der Waals surface area contributed by atoms with Crippen LogP contribution >= 0.6 is 23.4 Å². The number of rotatable bonds is 6. The summed E-state index contributed by atoms with van der Waals surface area (Å²) in [6, 6.07) is 17.2. The average Bonchev–Trinajstić information content (AvgIpc) is 2.70. The molecule has 0 aliphatic heterocycles. The third kappa shape index (κ3) is 5.18. The van der Waals surface area contributed by atoms with Crippen molar-refractivity contribution in [2.24, 2.45) is 4.99 Å². The number of thioether (sulfide) groups is 1. The van der Waals surface area contributed by atoms with Crippen molar-refractivity contribution in [3.8, 4) is 0 Å². The summed E-state index contributed by atoms with van der Waals surface area (Å²) in [6.45, 7) is 1.76. The Labute approximate surface area is 171 Å². The van der Waals surface area contributed by atoms with E-state index in [1.165, 1.54) is 23.9 Å². The Hall–Kier alpha value is -2.70. The molecule has 0 aliphatic carbocycles. The molecule has 0 unspecified atom stereocenters. The number of hydrogen-bond donors (Lipinski definition) is 1. The average molecular weight is 414 g/mol. The topological polar surface area (TPSA) is 54.4 Å². The molecule has 1 heterocycles. The van der Waals surface area contributed by atoms with Gasteiger partial charge in [-0.05, 0) is 43.3 Å². The second kappa shape index (κ2) is 9.48. The fourth-order valence-electron chi connectivity index (χ4n) is 2.34. The standard InChI is InChI=1S/C21H17ClFN3OS/c1-14(21(27)26-17-9-3-2-8-16(17)23)28-19-11-5-4-10-18(19)25-13-15-7-6-12-24-20(15)22/h2-14H,1H3,(H,26,27)/t14-/m0/s1. The molecule has 0 saturated heterocycles. The van der Waals surface area contributed by atoms with E-state index in [0.29, 0.717) is 16.4 Å². The van der Waals surface area contributed by atoms with Crippen LogP contribution in [0.15, 0.2) is 76.7 Å². The van der Waals surface area contributed by atoms with Crippen LogP contribution in [-0.4, -0.2) is 22.4 Å². The maximum Gasteiger partial charge on any atom is 0.237 e. The molecule has 0 bridgehead atoms. The highest BCUT2D eigenvalue weighted by molar-refractivity contribution is 8.00. The number of aliphatic imine (C=N–C) groups is 1. The lowest BCUT2D eigenvalue weighted by Crippen LogP contribution is -2.22. The number of hydrogen-bond acceptors (Lipinski definition) is 4. The predicted molar refractivity (Wildman–Crippen MR) is 113 cm³/mol. The lowest BCUT2D eigenvalue weighted by Gasteiger charge is -2.13. The van der Waals surface area contributed by atoms with Gasteiger partial charge in [0.15, 0.2) is 0 Å². The van der Waals surface area contributed by atoms with Crippen molar-refractivity contribution < 1.29 is 9.18 Å². The number of aromatic nitrogens is 1. The minimum Gasteiger partial charge on any atom is -0.323 e. The zero-order chi connectivity index (χ0) is 19.9. The van der Waals surface area contributed by atoms with E-state index in [2.05, 4.69) is 15.3 Å². The normalized spacial score (nSPS) is 12.1. The van der Waals surface area contributed by atoms with Crippen LogP contribution in [0.4, 0.5) is 15.8 Å². The number of carbonyl (C=O) groups is 1. The van der Waals surface area contributed by atoms with E-state index < -0.39 is 11.1 Å². The number of carbonyl (C=O) groups excluding carboxylic acids is 1. The third-order valence-electron chi connectivity index (χ3n) is 3.80. The van der Waals surface area contributed by atoms with Gasteiger partial charge in [0, 0.05) is 22.9 Å². The highest BCUT2D eigenvalue weighted by atomic mass is 35.5. The summed E-state index contributed by atoms with van der Waals surface area (Å²) in [5, 5.41) is 2.54. The fourth-order valence-corrected chi connectivity index (χ4v) is 3.45. The predicted octanol–water partition coefficient (Wildman–Crippen LogP) is 5.74. The molecule has 1 atom stereocenters. The van der Waals surface area contributed by atoms with Gasteiger partial charge in [0.05, 0.1) is 16.6 Å². The first-order valence-corrected chi connectivity index (χ1v) is 9.76. The summed E-state index contributed by atoms with van der Waals surface area (Å²) in [6.07, 6.45) is 3.25. The molecular formula is C21H17ClFN3OS. The van der Waals surface area contributed by atoms with Crippen LogP contribution in [0.25, 0.3) is 0 Å². The molecule has 0 saturated carbocycles. The van der Waals surface area contributed by atoms with E-state index >= 15 is 0 Å². The van der Waals surface area contributed by atoms with Gasteiger partial charge in [-0.1, -0.05) is 35.9 Å². The Balaban J connectivity index is 1.73. The number of benzene rings is 2. The van der Waals surface area contributed by atoms with Crippen LogP contribution in [0.2, 0.25) is 5.15 Å². The van der Waals surface area contributed by atoms with Crippen LogP contribution in [0, 0.1) is 5.82 Å². The van der Waals surface area contributed by atoms with Gasteiger partial charge in [-0.15, -0.1) is 11.8 Å². The molecule has 2 aromatic carbocycles. The summed E-state index contributed by atoms with van der Waals surface area (Å²) in [5.74, 6) is -0.754. The molecule has 1 aromatic heterocycles. The van der Waals surface area contributed by atoms with E-state index in [1.807, 2.05) is 30.3 Å². The Bertz CT molecular complexity index is 1010. The molecule has 3 aromatic rings. The third-order valence-corrected chi connectivity index (χ3v) is 5.28. The molecule has 0 aliphatic rings. The summed E-state index contributed by atoms with van der Waals surface area (Å²) in [5.41, 5.74) is 1.57. The largest absolute Gasteiger partial charge is 0.323 e. The summed E-state index contributed by atoms with van der Waals surface area (Å²) in [7, 11) is 0. The maximum atomic E-state index is 13.7. The molecule has 142 valence electrons. The van der Waals surface area contributed by atoms with Gasteiger partial charge in [0.1, 0.15) is 11.0 Å². The van der Waals surface area contributed by atoms with Crippen LogP contribution in [0.5, 0.6) is 0 Å². The van der Waals surface area contributed by atoms with E-state index in [4.69, 9.17) is 11.6 Å². The van der Waals surface area contributed by atoms with Crippen molar-refractivity contribution >= 4 is 46.9 Å². The molecule has 0 spiro atoms. The van der Waals surface area contributed by atoms with Crippen molar-refractivity contribution in [2.45, 2.75) is 17.1 Å². The smallest absolute Gasteiger partial charge is 0.237 e. The number of pyridine rings is 1. The SMILES string of the molecule is C[C@H](Sc1ccccc1N=Cc1cccnc1Cl)C(=O)Nc1ccccc1F. The van der Waals surface area contributed by atoms with Crippen molar-refractivity contribution in [1.82, 2.24) is 4.98 Å². The molecule has 1 amide bonds. The lowest BCUT2D eigenvalue weighted by atomic mass is 10.3. The van der Waals surface area contributed by atoms with Crippen molar-refractivity contribution in [1.29, 1.82) is 0 Å². The van der Waals surface area contributed by atoms with Crippen molar-refractivity contribution in [3.63, 3.8) is 0 Å². The molecular weight excluding hydrogens is 397 g/mol. The Kier molecular flexibility index (Phi) is 6.79. The van der Waals surface area contributed by atoms with Gasteiger partial charge in [-0.3, -0.25) is 9.79 Å². The lowest BCUT2D eigenvalue weighted by molar-refractivity contribution is -0.115. The fraction of sp³-hybridized carbons (Fsp3) is 0.0952. The highest BCUT2D eigenvalue weighted by Crippen LogP contribution is 2.33. The Morgan fingerprint density at radius 3 is 2.71 bits per heavy atom. The maximum absolute atomic E-state index is 13.7. The highest BCUT2D eigenvalue weighted by Gasteiger charge is 2.17. The number of nitrogens with zero attached hydrogens (tertiary/aromatic N) is 2. The molecule has 0 fully saturated rings. The Morgan fingerprint density at radius 2 is 1.93 bits per heavy atom. The monoisotopic (exact) mass is 413 g/mol. The van der Waals surface area contributed by atoms with E-state index in [1.54, 1.807) is 37.5 Å². The van der Waals surface area contributed by atoms with Crippen LogP contribution < -0.4 is 5.32 Å². The van der Waals surface area contributed by atoms with Gasteiger partial charge in [0.25, 0.3) is 0 Å². The number of amides is 1. The van der Waals surface area contributed by atoms with Crippen LogP contribution in [0.3, 0.4) is 0 Å². The van der Waals surface area contributed by atoms with Gasteiger partial charge >= 0.3 is 0 Å². The number of halogens is 2. The second-order valence-corrected chi connectivity index (χ2v) is 7.58. The van der Waals surface area contributed by atoms with Crippen LogP contribution in [-0.2, 0) is 4.79 Å². The van der Waals surface area contributed by atoms with Gasteiger partial charge in [0.2, 0.25) is 5.91 Å². The molecule has 28 heavy (non-hydrogen) atoms. The number of nitrogens with one attached hydrogen (secondary N) is 1. The molecule has 1 N–H and O–H groups in total. The van der Waals surface area contributed by atoms with Crippen molar-refractivity contribution in [2.75, 3.05) is 5.32 Å². The first kappa shape index (κ1) is 20.0. The minimum atomic E-state index is -0.466. The molecule has 7 heteroatoms. The van der Waals surface area contributed by atoms with Gasteiger partial charge in [-0.2, -0.15) is 0 Å². The van der Waals surface area contributed by atoms with E-state index in [9.17, 15) is 9.18 Å². The Morgan fingerprint density at radius 1 is 1.18 bits per heavy atom. The summed E-state index contributed by atoms with van der Waals surface area (Å²) in [4.78, 5) is 21.8. The van der Waals surface area contributed by atoms with E-state index in [0.717, 1.165) is 4.90 Å². The molecule has 4 nitrogen and oxygen atoms in total. The van der Waals surface area contributed by atoms with Crippen molar-refractivity contribution in [3.05, 3.63) is 83.4 Å². The number of anilines is 1. The minimum absolute atomic E-state index is 0.164. The first-order chi connectivity index (χ1) is 13.5.